The van der Waals surface area contributed by atoms with E-state index in [1.807, 2.05) is 6.92 Å². The van der Waals surface area contributed by atoms with Crippen LogP contribution in [0.5, 0.6) is 5.75 Å². The largest absolute Gasteiger partial charge is 0.494 e. The van der Waals surface area contributed by atoms with Gasteiger partial charge in [0.25, 0.3) is 0 Å². The first-order chi connectivity index (χ1) is 9.08. The van der Waals surface area contributed by atoms with Gasteiger partial charge < -0.3 is 15.2 Å². The van der Waals surface area contributed by atoms with Crippen LogP contribution in [0, 0.1) is 11.7 Å². The Morgan fingerprint density at radius 2 is 2.26 bits per heavy atom. The fourth-order valence-corrected chi connectivity index (χ4v) is 1.78. The van der Waals surface area contributed by atoms with Crippen LogP contribution in [0.1, 0.15) is 18.9 Å². The van der Waals surface area contributed by atoms with E-state index in [1.165, 1.54) is 13.2 Å². The van der Waals surface area contributed by atoms with Gasteiger partial charge in [-0.25, -0.2) is 4.39 Å². The zero-order valence-electron chi connectivity index (χ0n) is 11.3. The molecule has 1 aromatic rings. The molecular formula is C14H20FNO3. The van der Waals surface area contributed by atoms with E-state index in [0.29, 0.717) is 25.9 Å². The molecule has 2 N–H and O–H groups in total. The third kappa shape index (κ3) is 4.87. The third-order valence-corrected chi connectivity index (χ3v) is 3.04. The monoisotopic (exact) mass is 269 g/mol. The van der Waals surface area contributed by atoms with Gasteiger partial charge in [-0.05, 0) is 37.1 Å². The number of hydrogen-bond donors (Lipinski definition) is 2. The summed E-state index contributed by atoms with van der Waals surface area (Å²) in [5.74, 6) is -1.30. The third-order valence-electron chi connectivity index (χ3n) is 3.04. The number of aliphatic carboxylic acids is 1. The van der Waals surface area contributed by atoms with Crippen molar-refractivity contribution in [2.24, 2.45) is 5.92 Å². The highest BCUT2D eigenvalue weighted by Crippen LogP contribution is 2.17. The molecule has 0 spiro atoms. The molecule has 0 radical (unpaired) electrons. The van der Waals surface area contributed by atoms with Crippen LogP contribution in [0.4, 0.5) is 4.39 Å². The number of benzene rings is 1. The molecule has 0 heterocycles. The van der Waals surface area contributed by atoms with Gasteiger partial charge in [-0.3, -0.25) is 4.79 Å². The molecule has 4 nitrogen and oxygen atoms in total. The summed E-state index contributed by atoms with van der Waals surface area (Å²) >= 11 is 0. The predicted octanol–water partition coefficient (Wildman–Crippen LogP) is 2.08. The summed E-state index contributed by atoms with van der Waals surface area (Å²) in [6, 6.07) is 4.84. The van der Waals surface area contributed by atoms with Gasteiger partial charge in [0.15, 0.2) is 11.6 Å². The molecule has 0 saturated carbocycles. The minimum Gasteiger partial charge on any atom is -0.494 e. The first-order valence-electron chi connectivity index (χ1n) is 6.34. The topological polar surface area (TPSA) is 58.6 Å². The maximum atomic E-state index is 13.4. The van der Waals surface area contributed by atoms with Gasteiger partial charge in [0.05, 0.1) is 13.0 Å². The zero-order chi connectivity index (χ0) is 14.3. The Morgan fingerprint density at radius 3 is 2.79 bits per heavy atom. The molecular weight excluding hydrogens is 249 g/mol. The van der Waals surface area contributed by atoms with E-state index in [9.17, 15) is 9.18 Å². The summed E-state index contributed by atoms with van der Waals surface area (Å²) in [4.78, 5) is 10.8. The molecule has 0 bridgehead atoms. The number of carboxylic acid groups (broad SMARTS) is 1. The van der Waals surface area contributed by atoms with Crippen molar-refractivity contribution in [3.05, 3.63) is 29.6 Å². The molecule has 0 aromatic heterocycles. The molecule has 1 atom stereocenters. The van der Waals surface area contributed by atoms with E-state index in [0.717, 1.165) is 5.56 Å². The maximum absolute atomic E-state index is 13.4. The Labute approximate surface area is 112 Å². The van der Waals surface area contributed by atoms with E-state index >= 15 is 0 Å². The quantitative estimate of drug-likeness (QED) is 0.709. The molecule has 0 aliphatic carbocycles. The van der Waals surface area contributed by atoms with Crippen molar-refractivity contribution in [2.75, 3.05) is 20.2 Å². The van der Waals surface area contributed by atoms with Crippen LogP contribution in [0.3, 0.4) is 0 Å². The first-order valence-corrected chi connectivity index (χ1v) is 6.34. The summed E-state index contributed by atoms with van der Waals surface area (Å²) in [7, 11) is 1.43. The Bertz CT molecular complexity index is 423. The predicted molar refractivity (Wildman–Crippen MR) is 70.9 cm³/mol. The molecule has 0 aliphatic rings. The summed E-state index contributed by atoms with van der Waals surface area (Å²) in [6.45, 7) is 2.90. The van der Waals surface area contributed by atoms with Gasteiger partial charge >= 0.3 is 5.97 Å². The second-order valence-electron chi connectivity index (χ2n) is 4.37. The minimum absolute atomic E-state index is 0.230. The van der Waals surface area contributed by atoms with Crippen LogP contribution in [0.2, 0.25) is 0 Å². The van der Waals surface area contributed by atoms with Gasteiger partial charge in [-0.15, -0.1) is 0 Å². The van der Waals surface area contributed by atoms with Crippen LogP contribution in [0.25, 0.3) is 0 Å². The molecule has 1 unspecified atom stereocenters. The lowest BCUT2D eigenvalue weighted by molar-refractivity contribution is -0.141. The summed E-state index contributed by atoms with van der Waals surface area (Å²) in [5.41, 5.74) is 0.856. The number of ether oxygens (including phenoxy) is 1. The minimum atomic E-state index is -0.787. The number of hydrogen-bond acceptors (Lipinski definition) is 3. The van der Waals surface area contributed by atoms with Crippen LogP contribution in [-0.4, -0.2) is 31.3 Å². The Kier molecular flexibility index (Phi) is 6.29. The lowest BCUT2D eigenvalue weighted by Gasteiger charge is -2.11. The Morgan fingerprint density at radius 1 is 1.53 bits per heavy atom. The van der Waals surface area contributed by atoms with E-state index in [-0.39, 0.29) is 17.5 Å². The molecule has 19 heavy (non-hydrogen) atoms. The van der Waals surface area contributed by atoms with Crippen LogP contribution in [-0.2, 0) is 11.2 Å². The van der Waals surface area contributed by atoms with Crippen molar-refractivity contribution in [2.45, 2.75) is 19.8 Å². The fourth-order valence-electron chi connectivity index (χ4n) is 1.78. The van der Waals surface area contributed by atoms with Crippen LogP contribution >= 0.6 is 0 Å². The SMILES string of the molecule is CCC(CNCCc1ccc(OC)c(F)c1)C(=O)O. The van der Waals surface area contributed by atoms with Crippen LogP contribution in [0.15, 0.2) is 18.2 Å². The highest BCUT2D eigenvalue weighted by atomic mass is 19.1. The number of carboxylic acids is 1. The van der Waals surface area contributed by atoms with Crippen molar-refractivity contribution in [3.8, 4) is 5.75 Å². The zero-order valence-corrected chi connectivity index (χ0v) is 11.3. The molecule has 0 fully saturated rings. The average molecular weight is 269 g/mol. The molecule has 1 rings (SSSR count). The van der Waals surface area contributed by atoms with E-state index in [4.69, 9.17) is 9.84 Å². The second-order valence-corrected chi connectivity index (χ2v) is 4.37. The maximum Gasteiger partial charge on any atom is 0.307 e. The van der Waals surface area contributed by atoms with Gasteiger partial charge in [0, 0.05) is 6.54 Å². The van der Waals surface area contributed by atoms with Crippen molar-refractivity contribution in [1.29, 1.82) is 0 Å². The van der Waals surface area contributed by atoms with Gasteiger partial charge in [0.2, 0.25) is 0 Å². The molecule has 0 saturated heterocycles. The van der Waals surface area contributed by atoms with E-state index in [2.05, 4.69) is 5.32 Å². The summed E-state index contributed by atoms with van der Waals surface area (Å²) < 4.78 is 18.3. The molecule has 0 amide bonds. The Hall–Kier alpha value is -1.62. The van der Waals surface area contributed by atoms with Crippen molar-refractivity contribution >= 4 is 5.97 Å². The van der Waals surface area contributed by atoms with Crippen molar-refractivity contribution < 1.29 is 19.0 Å². The normalized spacial score (nSPS) is 12.2. The van der Waals surface area contributed by atoms with Crippen molar-refractivity contribution in [1.82, 2.24) is 5.32 Å². The van der Waals surface area contributed by atoms with E-state index < -0.39 is 5.97 Å². The Balaban J connectivity index is 2.37. The molecule has 0 aliphatic heterocycles. The number of rotatable bonds is 8. The second kappa shape index (κ2) is 7.74. The van der Waals surface area contributed by atoms with Gasteiger partial charge in [0.1, 0.15) is 0 Å². The molecule has 5 heteroatoms. The van der Waals surface area contributed by atoms with E-state index in [1.54, 1.807) is 12.1 Å². The lowest BCUT2D eigenvalue weighted by Crippen LogP contribution is -2.29. The number of carbonyl (C=O) groups is 1. The first kappa shape index (κ1) is 15.4. The average Bonchev–Trinajstić information content (AvgIpc) is 2.38. The number of nitrogens with one attached hydrogen (secondary N) is 1. The van der Waals surface area contributed by atoms with Gasteiger partial charge in [-0.2, -0.15) is 0 Å². The summed E-state index contributed by atoms with van der Waals surface area (Å²) in [5, 5.41) is 12.0. The fraction of sp³-hybridized carbons (Fsp3) is 0.500. The highest BCUT2D eigenvalue weighted by Gasteiger charge is 2.13. The van der Waals surface area contributed by atoms with Crippen molar-refractivity contribution in [3.63, 3.8) is 0 Å². The molecule has 1 aromatic carbocycles. The smallest absolute Gasteiger partial charge is 0.307 e. The highest BCUT2D eigenvalue weighted by molar-refractivity contribution is 5.70. The number of halogens is 1. The van der Waals surface area contributed by atoms with Crippen LogP contribution < -0.4 is 10.1 Å². The number of methoxy groups -OCH3 is 1. The van der Waals surface area contributed by atoms with Gasteiger partial charge in [-0.1, -0.05) is 13.0 Å². The lowest BCUT2D eigenvalue weighted by atomic mass is 10.1. The summed E-state index contributed by atoms with van der Waals surface area (Å²) in [6.07, 6.45) is 1.25. The standard InChI is InChI=1S/C14H20FNO3/c1-3-11(14(17)18)9-16-7-6-10-4-5-13(19-2)12(15)8-10/h4-5,8,11,16H,3,6-7,9H2,1-2H3,(H,17,18). The molecule has 106 valence electrons.